The van der Waals surface area contributed by atoms with Gasteiger partial charge in [-0.2, -0.15) is 0 Å². The highest BCUT2D eigenvalue weighted by Crippen LogP contribution is 2.53. The molecule has 2 aliphatic heterocycles. The number of ether oxygens (including phenoxy) is 2. The smallest absolute Gasteiger partial charge is 0.132 e. The van der Waals surface area contributed by atoms with Gasteiger partial charge in [-0.05, 0) is 44.8 Å². The van der Waals surface area contributed by atoms with Crippen LogP contribution in [0.1, 0.15) is 11.1 Å². The number of hydrogen-bond acceptors (Lipinski definition) is 4. The van der Waals surface area contributed by atoms with Gasteiger partial charge in [0.25, 0.3) is 0 Å². The summed E-state index contributed by atoms with van der Waals surface area (Å²) in [7, 11) is 0. The summed E-state index contributed by atoms with van der Waals surface area (Å²) in [6.07, 6.45) is 1.70. The minimum absolute atomic E-state index is 0.120. The molecule has 0 radical (unpaired) electrons. The van der Waals surface area contributed by atoms with Gasteiger partial charge in [0.2, 0.25) is 0 Å². The van der Waals surface area contributed by atoms with Gasteiger partial charge in [-0.15, -0.1) is 0 Å². The first-order valence-electron chi connectivity index (χ1n) is 13.7. The first-order valence-corrected chi connectivity index (χ1v) is 13.7. The van der Waals surface area contributed by atoms with Crippen molar-refractivity contribution in [3.63, 3.8) is 0 Å². The second-order valence-corrected chi connectivity index (χ2v) is 10.5. The molecule has 0 saturated carbocycles. The summed E-state index contributed by atoms with van der Waals surface area (Å²) in [6, 6.07) is 32.3. The van der Waals surface area contributed by atoms with Crippen LogP contribution in [0.15, 0.2) is 97.1 Å². The van der Waals surface area contributed by atoms with E-state index in [-0.39, 0.29) is 11.5 Å². The molecule has 4 heteroatoms. The van der Waals surface area contributed by atoms with E-state index in [0.717, 1.165) is 68.1 Å². The molecule has 194 valence electrons. The van der Waals surface area contributed by atoms with Gasteiger partial charge in [0, 0.05) is 46.2 Å². The second-order valence-electron chi connectivity index (χ2n) is 10.5. The zero-order valence-electron chi connectivity index (χ0n) is 21.8. The Hall–Kier alpha value is -4.96. The molecule has 0 aliphatic carbocycles. The van der Waals surface area contributed by atoms with Gasteiger partial charge in [0.15, 0.2) is 0 Å². The molecule has 0 unspecified atom stereocenters. The molecule has 6 aromatic rings. The zero-order valence-corrected chi connectivity index (χ0v) is 21.8. The molecular weight excluding hydrogens is 496 g/mol. The zero-order chi connectivity index (χ0) is 26.8. The first-order chi connectivity index (χ1) is 19.7. The van der Waals surface area contributed by atoms with Crippen LogP contribution in [0.5, 0.6) is 23.0 Å². The average molecular weight is 523 g/mol. The topological polar surface area (TPSA) is 58.9 Å². The van der Waals surface area contributed by atoms with Gasteiger partial charge in [-0.1, -0.05) is 84.9 Å². The van der Waals surface area contributed by atoms with Crippen molar-refractivity contribution in [1.82, 2.24) is 0 Å². The highest BCUT2D eigenvalue weighted by atomic mass is 16.5. The number of phenols is 2. The fourth-order valence-electron chi connectivity index (χ4n) is 6.44. The maximum atomic E-state index is 12.1. The molecule has 4 nitrogen and oxygen atoms in total. The van der Waals surface area contributed by atoms with E-state index in [4.69, 9.17) is 9.47 Å². The third-order valence-corrected chi connectivity index (χ3v) is 8.30. The van der Waals surface area contributed by atoms with Crippen LogP contribution in [0, 0.1) is 0 Å². The summed E-state index contributed by atoms with van der Waals surface area (Å²) in [5, 5.41) is 27.9. The quantitative estimate of drug-likeness (QED) is 0.246. The average Bonchev–Trinajstić information content (AvgIpc) is 3.67. The first kappa shape index (κ1) is 23.0. The summed E-state index contributed by atoms with van der Waals surface area (Å²) < 4.78 is 12.1. The minimum atomic E-state index is 0.120. The van der Waals surface area contributed by atoms with E-state index in [0.29, 0.717) is 35.5 Å². The van der Waals surface area contributed by atoms with Crippen LogP contribution >= 0.6 is 0 Å². The van der Waals surface area contributed by atoms with Gasteiger partial charge in [0.1, 0.15) is 23.0 Å². The normalized spacial score (nSPS) is 13.7. The van der Waals surface area contributed by atoms with E-state index < -0.39 is 0 Å². The van der Waals surface area contributed by atoms with Crippen molar-refractivity contribution in [1.29, 1.82) is 0 Å². The monoisotopic (exact) mass is 522 g/mol. The fourth-order valence-corrected chi connectivity index (χ4v) is 6.44. The van der Waals surface area contributed by atoms with Crippen LogP contribution in [0.3, 0.4) is 0 Å². The lowest BCUT2D eigenvalue weighted by molar-refractivity contribution is 0.357. The lowest BCUT2D eigenvalue weighted by Gasteiger charge is -2.20. The molecule has 0 bridgehead atoms. The summed E-state index contributed by atoms with van der Waals surface area (Å²) >= 11 is 0. The van der Waals surface area contributed by atoms with E-state index in [1.165, 1.54) is 0 Å². The van der Waals surface area contributed by atoms with Crippen molar-refractivity contribution in [3.05, 3.63) is 108 Å². The maximum absolute atomic E-state index is 12.1. The molecule has 2 aliphatic rings. The molecule has 0 saturated heterocycles. The van der Waals surface area contributed by atoms with E-state index in [1.54, 1.807) is 0 Å². The molecule has 2 heterocycles. The van der Waals surface area contributed by atoms with E-state index in [9.17, 15) is 10.2 Å². The molecule has 40 heavy (non-hydrogen) atoms. The maximum Gasteiger partial charge on any atom is 0.132 e. The van der Waals surface area contributed by atoms with Gasteiger partial charge < -0.3 is 19.7 Å². The molecule has 6 aromatic carbocycles. The summed E-state index contributed by atoms with van der Waals surface area (Å²) in [6.45, 7) is 1.26. The molecular formula is C36H26O4. The van der Waals surface area contributed by atoms with E-state index >= 15 is 0 Å². The van der Waals surface area contributed by atoms with Crippen molar-refractivity contribution in [2.24, 2.45) is 0 Å². The van der Waals surface area contributed by atoms with Gasteiger partial charge in [-0.25, -0.2) is 0 Å². The largest absolute Gasteiger partial charge is 0.507 e. The Morgan fingerprint density at radius 1 is 0.475 bits per heavy atom. The number of rotatable bonds is 3. The van der Waals surface area contributed by atoms with Crippen LogP contribution in [-0.4, -0.2) is 23.4 Å². The van der Waals surface area contributed by atoms with Crippen LogP contribution in [-0.2, 0) is 12.8 Å². The molecule has 0 aromatic heterocycles. The van der Waals surface area contributed by atoms with Crippen molar-refractivity contribution in [2.45, 2.75) is 12.8 Å². The van der Waals surface area contributed by atoms with Crippen molar-refractivity contribution < 1.29 is 19.7 Å². The van der Waals surface area contributed by atoms with Gasteiger partial charge in [0.05, 0.1) is 13.2 Å². The minimum Gasteiger partial charge on any atom is -0.507 e. The van der Waals surface area contributed by atoms with Crippen molar-refractivity contribution >= 4 is 21.5 Å². The third-order valence-electron chi connectivity index (χ3n) is 8.30. The molecule has 8 rings (SSSR count). The lowest BCUT2D eigenvalue weighted by Crippen LogP contribution is -1.94. The number of hydrogen-bond donors (Lipinski definition) is 2. The molecule has 2 N–H and O–H groups in total. The number of phenolic OH excluding ortho intramolecular Hbond substituents is 2. The van der Waals surface area contributed by atoms with Crippen molar-refractivity contribution in [3.8, 4) is 56.4 Å². The molecule has 0 amide bonds. The Labute approximate surface area is 231 Å². The van der Waals surface area contributed by atoms with Crippen molar-refractivity contribution in [2.75, 3.05) is 13.2 Å². The Morgan fingerprint density at radius 3 is 1.40 bits per heavy atom. The van der Waals surface area contributed by atoms with Crippen LogP contribution < -0.4 is 9.47 Å². The van der Waals surface area contributed by atoms with Gasteiger partial charge in [-0.3, -0.25) is 0 Å². The van der Waals surface area contributed by atoms with Crippen LogP contribution in [0.25, 0.3) is 54.9 Å². The van der Waals surface area contributed by atoms with Crippen LogP contribution in [0.4, 0.5) is 0 Å². The number of benzene rings is 6. The van der Waals surface area contributed by atoms with Crippen LogP contribution in [0.2, 0.25) is 0 Å². The SMILES string of the molecule is Oc1c(-c2cccc3c2OCC3)cc2ccccc2c1-c1c(O)c(-c2cccc3c2OCC3)cc2ccccc12. The Balaban J connectivity index is 1.49. The standard InChI is InChI=1S/C36H26O4/c37-33-29(27-13-5-9-21-15-17-39-35(21)27)19-23-7-1-3-11-25(23)31(33)32-26-12-4-2-8-24(26)20-30(34(32)38)28-14-6-10-22-16-18-40-36(22)28/h1-14,19-20,37-38H,15-18H2. The Morgan fingerprint density at radius 2 is 0.925 bits per heavy atom. The summed E-state index contributed by atoms with van der Waals surface area (Å²) in [5.41, 5.74) is 6.57. The molecule has 0 spiro atoms. The molecule has 0 fully saturated rings. The Bertz CT molecular complexity index is 1840. The Kier molecular flexibility index (Phi) is 5.05. The van der Waals surface area contributed by atoms with E-state index in [2.05, 4.69) is 12.1 Å². The lowest BCUT2D eigenvalue weighted by atomic mass is 9.86. The number of aromatic hydroxyl groups is 2. The van der Waals surface area contributed by atoms with E-state index in [1.807, 2.05) is 84.9 Å². The fraction of sp³-hybridized carbons (Fsp3) is 0.111. The third kappa shape index (κ3) is 3.32. The second kappa shape index (κ2) is 8.78. The predicted octanol–water partition coefficient (Wildman–Crippen LogP) is 8.28. The number of fused-ring (bicyclic) bond motifs is 4. The summed E-state index contributed by atoms with van der Waals surface area (Å²) in [4.78, 5) is 0. The molecule has 0 atom stereocenters. The van der Waals surface area contributed by atoms with Gasteiger partial charge >= 0.3 is 0 Å². The number of para-hydroxylation sites is 2. The predicted molar refractivity (Wildman–Crippen MR) is 159 cm³/mol. The highest BCUT2D eigenvalue weighted by molar-refractivity contribution is 6.14. The highest BCUT2D eigenvalue weighted by Gasteiger charge is 2.27. The summed E-state index contributed by atoms with van der Waals surface area (Å²) in [5.74, 6) is 1.88.